The largest absolute Gasteiger partial charge is 0.310 e. The molecule has 0 amide bonds. The highest BCUT2D eigenvalue weighted by molar-refractivity contribution is 5.92. The molecule has 3 aliphatic rings. The monoisotopic (exact) mass is 760 g/mol. The molecule has 0 N–H and O–H groups in total. The number of aryl methyl sites for hydroxylation is 8. The Morgan fingerprint density at radius 2 is 0.610 bits per heavy atom. The van der Waals surface area contributed by atoms with Crippen LogP contribution in [-0.4, -0.2) is 0 Å². The quantitative estimate of drug-likeness (QED) is 0.152. The fourth-order valence-corrected chi connectivity index (χ4v) is 9.89. The van der Waals surface area contributed by atoms with Gasteiger partial charge in [0.2, 0.25) is 0 Å². The van der Waals surface area contributed by atoms with Gasteiger partial charge in [-0.2, -0.15) is 0 Å². The topological polar surface area (TPSA) is 6.48 Å². The van der Waals surface area contributed by atoms with Crippen molar-refractivity contribution in [1.29, 1.82) is 0 Å². The van der Waals surface area contributed by atoms with Gasteiger partial charge in [-0.25, -0.2) is 0 Å². The molecular formula is C57H48N2. The SMILES string of the molecule is Cc1ccc(N(c2ccc(C)cc2)c2ccc3c(c2)C(c2ccc4c(c2)CC4)(c2ccc4c(c2)CC4)c2cc(N(c4ccc(C)cc4)c4ccc(C)cc4)ccc2-3)cc1. The van der Waals surface area contributed by atoms with Gasteiger partial charge in [0.15, 0.2) is 0 Å². The predicted molar refractivity (Wildman–Crippen MR) is 247 cm³/mol. The van der Waals surface area contributed by atoms with Crippen LogP contribution in [0.2, 0.25) is 0 Å². The van der Waals surface area contributed by atoms with E-state index in [1.165, 1.54) is 77.9 Å². The molecule has 0 spiro atoms. The highest BCUT2D eigenvalue weighted by atomic mass is 15.1. The molecule has 0 aromatic heterocycles. The van der Waals surface area contributed by atoms with Crippen molar-refractivity contribution in [3.63, 3.8) is 0 Å². The average Bonchev–Trinajstić information content (AvgIpc) is 3.51. The van der Waals surface area contributed by atoms with Crippen molar-refractivity contribution in [3.05, 3.63) is 237 Å². The van der Waals surface area contributed by atoms with Crippen molar-refractivity contribution < 1.29 is 0 Å². The maximum atomic E-state index is 2.55. The van der Waals surface area contributed by atoms with E-state index in [1.807, 2.05) is 0 Å². The van der Waals surface area contributed by atoms with Gasteiger partial charge >= 0.3 is 0 Å². The molecule has 11 rings (SSSR count). The minimum atomic E-state index is -0.551. The Balaban J connectivity index is 1.20. The standard InChI is InChI=1S/C57H48N2/c1-37-5-21-47(22-6-37)58(48-23-7-38(2)8-24-48)51-29-31-53-54-32-30-52(59(49-25-9-39(3)10-26-49)50-27-11-40(4)12-28-50)36-56(54)57(55(53)35-51,45-19-17-41-13-15-43(41)33-45)46-20-18-42-14-16-44(42)34-46/h5-12,17-36H,13-16H2,1-4H3. The molecule has 8 aromatic carbocycles. The van der Waals surface area contributed by atoms with Gasteiger partial charge in [0.05, 0.1) is 5.41 Å². The van der Waals surface area contributed by atoms with Crippen LogP contribution in [0, 0.1) is 27.7 Å². The molecule has 286 valence electrons. The van der Waals surface area contributed by atoms with Gasteiger partial charge in [0, 0.05) is 34.1 Å². The summed E-state index contributed by atoms with van der Waals surface area (Å²) >= 11 is 0. The Hall–Kier alpha value is -6.64. The van der Waals surface area contributed by atoms with Crippen LogP contribution in [-0.2, 0) is 31.1 Å². The second kappa shape index (κ2) is 13.7. The number of anilines is 6. The van der Waals surface area contributed by atoms with Gasteiger partial charge in [-0.1, -0.05) is 119 Å². The Morgan fingerprint density at radius 3 is 0.898 bits per heavy atom. The maximum Gasteiger partial charge on any atom is 0.0715 e. The highest BCUT2D eigenvalue weighted by Gasteiger charge is 2.48. The molecule has 8 aromatic rings. The third-order valence-electron chi connectivity index (χ3n) is 13.4. The molecule has 0 saturated carbocycles. The Kier molecular flexibility index (Phi) is 8.27. The zero-order chi connectivity index (χ0) is 39.8. The Labute approximate surface area is 349 Å². The van der Waals surface area contributed by atoms with E-state index in [-0.39, 0.29) is 0 Å². The van der Waals surface area contributed by atoms with Crippen molar-refractivity contribution in [2.45, 2.75) is 58.8 Å². The summed E-state index contributed by atoms with van der Waals surface area (Å²) in [5.41, 5.74) is 25.3. The van der Waals surface area contributed by atoms with E-state index in [1.54, 1.807) is 0 Å². The molecule has 59 heavy (non-hydrogen) atoms. The van der Waals surface area contributed by atoms with Crippen LogP contribution in [0.25, 0.3) is 11.1 Å². The second-order valence-corrected chi connectivity index (χ2v) is 17.2. The summed E-state index contributed by atoms with van der Waals surface area (Å²) in [6.45, 7) is 8.65. The van der Waals surface area contributed by atoms with Crippen LogP contribution < -0.4 is 9.80 Å². The summed E-state index contributed by atoms with van der Waals surface area (Å²) in [5, 5.41) is 0. The summed E-state index contributed by atoms with van der Waals surface area (Å²) in [6.07, 6.45) is 4.58. The van der Waals surface area contributed by atoms with Gasteiger partial charge in [0.25, 0.3) is 0 Å². The number of fused-ring (bicyclic) bond motifs is 5. The first-order valence-corrected chi connectivity index (χ1v) is 21.2. The minimum Gasteiger partial charge on any atom is -0.310 e. The molecule has 0 bridgehead atoms. The van der Waals surface area contributed by atoms with E-state index < -0.39 is 5.41 Å². The maximum absolute atomic E-state index is 2.55. The van der Waals surface area contributed by atoms with Gasteiger partial charge < -0.3 is 9.80 Å². The van der Waals surface area contributed by atoms with Gasteiger partial charge in [-0.05, 0) is 182 Å². The molecule has 0 atom stereocenters. The van der Waals surface area contributed by atoms with E-state index in [0.717, 1.165) is 59.8 Å². The third kappa shape index (κ3) is 5.76. The fourth-order valence-electron chi connectivity index (χ4n) is 9.89. The van der Waals surface area contributed by atoms with Gasteiger partial charge in [-0.3, -0.25) is 0 Å². The van der Waals surface area contributed by atoms with E-state index >= 15 is 0 Å². The predicted octanol–water partition coefficient (Wildman–Crippen LogP) is 14.4. The molecule has 0 fully saturated rings. The number of hydrogen-bond donors (Lipinski definition) is 0. The first-order chi connectivity index (χ1) is 28.8. The lowest BCUT2D eigenvalue weighted by atomic mass is 9.65. The zero-order valence-electron chi connectivity index (χ0n) is 34.4. The van der Waals surface area contributed by atoms with Crippen LogP contribution in [0.15, 0.2) is 170 Å². The summed E-state index contributed by atoms with van der Waals surface area (Å²) < 4.78 is 0. The van der Waals surface area contributed by atoms with E-state index in [4.69, 9.17) is 0 Å². The van der Waals surface area contributed by atoms with Crippen LogP contribution in [0.5, 0.6) is 0 Å². The number of nitrogens with zero attached hydrogens (tertiary/aromatic N) is 2. The lowest BCUT2D eigenvalue weighted by Gasteiger charge is -2.38. The molecule has 0 aliphatic heterocycles. The molecule has 3 aliphatic carbocycles. The van der Waals surface area contributed by atoms with Crippen LogP contribution in [0.3, 0.4) is 0 Å². The average molecular weight is 761 g/mol. The van der Waals surface area contributed by atoms with Crippen LogP contribution in [0.1, 0.15) is 66.8 Å². The molecule has 0 radical (unpaired) electrons. The number of rotatable bonds is 8. The number of benzene rings is 8. The van der Waals surface area contributed by atoms with Crippen molar-refractivity contribution in [3.8, 4) is 11.1 Å². The van der Waals surface area contributed by atoms with Crippen LogP contribution in [0.4, 0.5) is 34.1 Å². The van der Waals surface area contributed by atoms with E-state index in [9.17, 15) is 0 Å². The van der Waals surface area contributed by atoms with E-state index in [2.05, 4.69) is 207 Å². The Morgan fingerprint density at radius 1 is 0.305 bits per heavy atom. The van der Waals surface area contributed by atoms with Gasteiger partial charge in [0.1, 0.15) is 0 Å². The van der Waals surface area contributed by atoms with Crippen molar-refractivity contribution in [1.82, 2.24) is 0 Å². The molecule has 0 unspecified atom stereocenters. The smallest absolute Gasteiger partial charge is 0.0715 e. The van der Waals surface area contributed by atoms with Crippen molar-refractivity contribution >= 4 is 34.1 Å². The first-order valence-electron chi connectivity index (χ1n) is 21.2. The summed E-state index contributed by atoms with van der Waals surface area (Å²) in [4.78, 5) is 4.87. The van der Waals surface area contributed by atoms with Gasteiger partial charge in [-0.15, -0.1) is 0 Å². The number of hydrogen-bond acceptors (Lipinski definition) is 2. The molecular weight excluding hydrogens is 713 g/mol. The molecule has 0 saturated heterocycles. The second-order valence-electron chi connectivity index (χ2n) is 17.2. The van der Waals surface area contributed by atoms with Crippen LogP contribution >= 0.6 is 0 Å². The third-order valence-corrected chi connectivity index (χ3v) is 13.4. The molecule has 2 nitrogen and oxygen atoms in total. The van der Waals surface area contributed by atoms with Crippen molar-refractivity contribution in [2.24, 2.45) is 0 Å². The summed E-state index contributed by atoms with van der Waals surface area (Å²) in [6, 6.07) is 65.2. The Bertz CT molecular complexity index is 2610. The fraction of sp³-hybridized carbons (Fsp3) is 0.158. The summed E-state index contributed by atoms with van der Waals surface area (Å²) in [5.74, 6) is 0. The first kappa shape index (κ1) is 35.5. The lowest BCUT2D eigenvalue weighted by Crippen LogP contribution is -2.31. The molecule has 2 heteroatoms. The lowest BCUT2D eigenvalue weighted by molar-refractivity contribution is 0.740. The van der Waals surface area contributed by atoms with Crippen molar-refractivity contribution in [2.75, 3.05) is 9.80 Å². The zero-order valence-corrected chi connectivity index (χ0v) is 34.4. The normalized spacial score (nSPS) is 14.0. The summed E-state index contributed by atoms with van der Waals surface area (Å²) in [7, 11) is 0. The van der Waals surface area contributed by atoms with E-state index in [0.29, 0.717) is 0 Å². The highest BCUT2D eigenvalue weighted by Crippen LogP contribution is 2.59. The minimum absolute atomic E-state index is 0.551. The molecule has 0 heterocycles.